The van der Waals surface area contributed by atoms with Crippen LogP contribution >= 0.6 is 0 Å². The van der Waals surface area contributed by atoms with Gasteiger partial charge in [-0.25, -0.2) is 9.18 Å². The van der Waals surface area contributed by atoms with Crippen LogP contribution in [0.2, 0.25) is 0 Å². The van der Waals surface area contributed by atoms with E-state index in [1.807, 2.05) is 0 Å². The van der Waals surface area contributed by atoms with Gasteiger partial charge in [-0.1, -0.05) is 18.5 Å². The predicted octanol–water partition coefficient (Wildman–Crippen LogP) is 3.85. The first-order valence-corrected chi connectivity index (χ1v) is 9.22. The maximum absolute atomic E-state index is 13.9. The van der Waals surface area contributed by atoms with Crippen LogP contribution in [0.1, 0.15) is 53.0 Å². The van der Waals surface area contributed by atoms with E-state index in [4.69, 9.17) is 19.0 Å². The number of esters is 1. The van der Waals surface area contributed by atoms with E-state index in [1.54, 1.807) is 27.7 Å². The molecule has 0 amide bonds. The fourth-order valence-corrected chi connectivity index (χ4v) is 2.46. The van der Waals surface area contributed by atoms with E-state index in [0.29, 0.717) is 23.6 Å². The van der Waals surface area contributed by atoms with Crippen molar-refractivity contribution in [3.63, 3.8) is 0 Å². The van der Waals surface area contributed by atoms with E-state index < -0.39 is 29.6 Å². The first kappa shape index (κ1) is 21.2. The molecular weight excluding hydrogens is 353 g/mol. The SMILES string of the molecule is CCCCO[C@@H]1CON=C1c1cc(F)ccc1O[C@@H](C)C(=O)OC(C)(C)C. The van der Waals surface area contributed by atoms with Crippen LogP contribution in [-0.2, 0) is 19.1 Å². The van der Waals surface area contributed by atoms with Crippen molar-refractivity contribution >= 4 is 11.7 Å². The lowest BCUT2D eigenvalue weighted by atomic mass is 10.0. The molecule has 0 fully saturated rings. The molecule has 2 rings (SSSR count). The Kier molecular flexibility index (Phi) is 7.18. The number of ether oxygens (including phenoxy) is 3. The molecule has 0 aromatic heterocycles. The maximum Gasteiger partial charge on any atom is 0.347 e. The van der Waals surface area contributed by atoms with Crippen molar-refractivity contribution in [3.8, 4) is 5.75 Å². The highest BCUT2D eigenvalue weighted by atomic mass is 19.1. The predicted molar refractivity (Wildman–Crippen MR) is 99.5 cm³/mol. The smallest absolute Gasteiger partial charge is 0.347 e. The maximum atomic E-state index is 13.9. The molecule has 0 radical (unpaired) electrons. The molecule has 6 nitrogen and oxygen atoms in total. The molecule has 0 saturated heterocycles. The van der Waals surface area contributed by atoms with E-state index in [2.05, 4.69) is 12.1 Å². The molecule has 0 bridgehead atoms. The number of carbonyl (C=O) groups excluding carboxylic acids is 1. The normalized spacial score (nSPS) is 17.9. The summed E-state index contributed by atoms with van der Waals surface area (Å²) in [6, 6.07) is 4.04. The summed E-state index contributed by atoms with van der Waals surface area (Å²) < 4.78 is 30.8. The molecule has 0 unspecified atom stereocenters. The van der Waals surface area contributed by atoms with Gasteiger partial charge in [0.25, 0.3) is 0 Å². The lowest BCUT2D eigenvalue weighted by molar-refractivity contribution is -0.162. The number of oxime groups is 1. The minimum absolute atomic E-state index is 0.261. The topological polar surface area (TPSA) is 66.3 Å². The van der Waals surface area contributed by atoms with Crippen LogP contribution in [-0.4, -0.2) is 42.7 Å². The first-order chi connectivity index (χ1) is 12.7. The first-order valence-electron chi connectivity index (χ1n) is 9.22. The van der Waals surface area contributed by atoms with Crippen LogP contribution < -0.4 is 4.74 Å². The van der Waals surface area contributed by atoms with E-state index >= 15 is 0 Å². The molecule has 0 aliphatic carbocycles. The molecule has 1 aliphatic heterocycles. The summed E-state index contributed by atoms with van der Waals surface area (Å²) in [6.07, 6.45) is 0.640. The Morgan fingerprint density at radius 1 is 1.41 bits per heavy atom. The van der Waals surface area contributed by atoms with Gasteiger partial charge in [-0.3, -0.25) is 0 Å². The molecular formula is C20H28FNO5. The van der Waals surface area contributed by atoms with Gasteiger partial charge in [0.2, 0.25) is 0 Å². The minimum atomic E-state index is -0.865. The summed E-state index contributed by atoms with van der Waals surface area (Å²) in [7, 11) is 0. The lowest BCUT2D eigenvalue weighted by Crippen LogP contribution is -2.34. The summed E-state index contributed by atoms with van der Waals surface area (Å²) in [5.74, 6) is -0.620. The third-order valence-corrected chi connectivity index (χ3v) is 3.77. The fraction of sp³-hybridized carbons (Fsp3) is 0.600. The summed E-state index contributed by atoms with van der Waals surface area (Å²) >= 11 is 0. The van der Waals surface area contributed by atoms with Crippen LogP contribution in [0.25, 0.3) is 0 Å². The largest absolute Gasteiger partial charge is 0.478 e. The highest BCUT2D eigenvalue weighted by molar-refractivity contribution is 6.06. The number of unbranched alkanes of at least 4 members (excludes halogenated alkanes) is 1. The number of hydrogen-bond donors (Lipinski definition) is 0. The van der Waals surface area contributed by atoms with Crippen molar-refractivity contribution in [2.75, 3.05) is 13.2 Å². The van der Waals surface area contributed by atoms with Crippen molar-refractivity contribution in [1.29, 1.82) is 0 Å². The van der Waals surface area contributed by atoms with Crippen LogP contribution in [0.15, 0.2) is 23.4 Å². The van der Waals surface area contributed by atoms with Crippen molar-refractivity contribution in [2.24, 2.45) is 5.16 Å². The van der Waals surface area contributed by atoms with Gasteiger partial charge in [0.05, 0.1) is 0 Å². The highest BCUT2D eigenvalue weighted by Crippen LogP contribution is 2.27. The zero-order valence-electron chi connectivity index (χ0n) is 16.6. The van der Waals surface area contributed by atoms with Gasteiger partial charge in [0, 0.05) is 12.2 Å². The zero-order valence-corrected chi connectivity index (χ0v) is 16.6. The molecule has 1 aromatic rings. The summed E-state index contributed by atoms with van der Waals surface area (Å²) in [6.45, 7) is 9.82. The summed E-state index contributed by atoms with van der Waals surface area (Å²) in [5, 5.41) is 4.01. The van der Waals surface area contributed by atoms with E-state index in [0.717, 1.165) is 12.8 Å². The Bertz CT molecular complexity index is 683. The van der Waals surface area contributed by atoms with Gasteiger partial charge in [-0.2, -0.15) is 0 Å². The highest BCUT2D eigenvalue weighted by Gasteiger charge is 2.30. The second-order valence-electron chi connectivity index (χ2n) is 7.42. The number of nitrogens with zero attached hydrogens (tertiary/aromatic N) is 1. The van der Waals surface area contributed by atoms with Gasteiger partial charge in [-0.05, 0) is 52.3 Å². The Morgan fingerprint density at radius 3 is 2.81 bits per heavy atom. The zero-order chi connectivity index (χ0) is 20.0. The minimum Gasteiger partial charge on any atom is -0.478 e. The summed E-state index contributed by atoms with van der Waals surface area (Å²) in [4.78, 5) is 17.4. The Morgan fingerprint density at radius 2 is 2.15 bits per heavy atom. The van der Waals surface area contributed by atoms with Gasteiger partial charge in [0.1, 0.15) is 35.6 Å². The molecule has 150 valence electrons. The third-order valence-electron chi connectivity index (χ3n) is 3.77. The lowest BCUT2D eigenvalue weighted by Gasteiger charge is -2.23. The second kappa shape index (κ2) is 9.17. The fourth-order valence-electron chi connectivity index (χ4n) is 2.46. The monoisotopic (exact) mass is 381 g/mol. The van der Waals surface area contributed by atoms with Crippen molar-refractivity contribution < 1.29 is 28.2 Å². The van der Waals surface area contributed by atoms with Crippen molar-refractivity contribution in [3.05, 3.63) is 29.6 Å². The van der Waals surface area contributed by atoms with Crippen LogP contribution in [0, 0.1) is 5.82 Å². The molecule has 0 N–H and O–H groups in total. The van der Waals surface area contributed by atoms with E-state index in [1.165, 1.54) is 18.2 Å². The molecule has 27 heavy (non-hydrogen) atoms. The average molecular weight is 381 g/mol. The van der Waals surface area contributed by atoms with Gasteiger partial charge in [-0.15, -0.1) is 0 Å². The summed E-state index contributed by atoms with van der Waals surface area (Å²) in [5.41, 5.74) is 0.239. The van der Waals surface area contributed by atoms with Crippen LogP contribution in [0.5, 0.6) is 5.75 Å². The number of hydrogen-bond acceptors (Lipinski definition) is 6. The molecule has 0 spiro atoms. The molecule has 1 heterocycles. The molecule has 2 atom stereocenters. The number of rotatable bonds is 8. The van der Waals surface area contributed by atoms with Gasteiger partial charge in [0.15, 0.2) is 6.10 Å². The molecule has 7 heteroatoms. The van der Waals surface area contributed by atoms with Crippen molar-refractivity contribution in [1.82, 2.24) is 0 Å². The van der Waals surface area contributed by atoms with E-state index in [-0.39, 0.29) is 6.61 Å². The Hall–Kier alpha value is -2.15. The third kappa shape index (κ3) is 6.20. The van der Waals surface area contributed by atoms with Gasteiger partial charge >= 0.3 is 5.97 Å². The standard InChI is InChI=1S/C20H28FNO5/c1-6-7-10-24-17-12-25-22-18(17)15-11-14(21)8-9-16(15)26-13(2)19(23)27-20(3,4)5/h8-9,11,13,17H,6-7,10,12H2,1-5H3/t13-,17+/m0/s1. The van der Waals surface area contributed by atoms with Crippen LogP contribution in [0.4, 0.5) is 4.39 Å². The number of halogens is 1. The Labute approximate surface area is 159 Å². The Balaban J connectivity index is 2.18. The van der Waals surface area contributed by atoms with Gasteiger partial charge < -0.3 is 19.0 Å². The molecule has 0 saturated carbocycles. The molecule has 1 aromatic carbocycles. The second-order valence-corrected chi connectivity index (χ2v) is 7.42. The number of benzene rings is 1. The van der Waals surface area contributed by atoms with Crippen molar-refractivity contribution in [2.45, 2.75) is 65.3 Å². The van der Waals surface area contributed by atoms with Crippen LogP contribution in [0.3, 0.4) is 0 Å². The number of carbonyl (C=O) groups is 1. The molecule has 1 aliphatic rings. The quantitative estimate of drug-likeness (QED) is 0.505. The average Bonchev–Trinajstić information content (AvgIpc) is 3.03. The van der Waals surface area contributed by atoms with E-state index in [9.17, 15) is 9.18 Å².